The van der Waals surface area contributed by atoms with Gasteiger partial charge in [-0.2, -0.15) is 0 Å². The lowest BCUT2D eigenvalue weighted by atomic mass is 9.96. The first-order valence-corrected chi connectivity index (χ1v) is 6.08. The summed E-state index contributed by atoms with van der Waals surface area (Å²) >= 11 is 6.03. The molecule has 0 unspecified atom stereocenters. The molecule has 0 aromatic heterocycles. The maximum Gasteiger partial charge on any atom is 0.0733 e. The van der Waals surface area contributed by atoms with E-state index in [1.165, 1.54) is 0 Å². The Bertz CT molecular complexity index is 331. The largest absolute Gasteiger partial charge is 0.391 e. The molecule has 2 atom stereocenters. The Morgan fingerprint density at radius 3 is 2.35 bits per heavy atom. The lowest BCUT2D eigenvalue weighted by Crippen LogP contribution is -2.26. The molecule has 3 N–H and O–H groups in total. The van der Waals surface area contributed by atoms with Gasteiger partial charge in [0.2, 0.25) is 0 Å². The fourth-order valence-electron chi connectivity index (χ4n) is 1.64. The zero-order valence-corrected chi connectivity index (χ0v) is 11.8. The van der Waals surface area contributed by atoms with Crippen molar-refractivity contribution in [2.75, 3.05) is 0 Å². The van der Waals surface area contributed by atoms with Gasteiger partial charge in [0.1, 0.15) is 0 Å². The highest BCUT2D eigenvalue weighted by Gasteiger charge is 2.18. The number of hydrogen-bond donors (Lipinski definition) is 2. The highest BCUT2D eigenvalue weighted by molar-refractivity contribution is 6.31. The SMILES string of the molecule is CC(C)CC[C@@H](O)[C@@H](N)c1ccccc1Cl.Cl. The Morgan fingerprint density at radius 1 is 1.24 bits per heavy atom. The Labute approximate surface area is 115 Å². The smallest absolute Gasteiger partial charge is 0.0733 e. The van der Waals surface area contributed by atoms with Crippen LogP contribution < -0.4 is 5.73 Å². The van der Waals surface area contributed by atoms with Crippen molar-refractivity contribution in [3.63, 3.8) is 0 Å². The van der Waals surface area contributed by atoms with Gasteiger partial charge in [0.05, 0.1) is 12.1 Å². The molecule has 0 saturated carbocycles. The first-order chi connectivity index (χ1) is 7.52. The average molecular weight is 278 g/mol. The molecule has 1 aromatic rings. The number of halogens is 2. The minimum atomic E-state index is -0.526. The number of aliphatic hydroxyl groups excluding tert-OH is 1. The first kappa shape index (κ1) is 16.7. The number of rotatable bonds is 5. The molecule has 4 heteroatoms. The Hall–Kier alpha value is -0.280. The third-order valence-corrected chi connectivity index (χ3v) is 3.06. The van der Waals surface area contributed by atoms with E-state index >= 15 is 0 Å². The van der Waals surface area contributed by atoms with Gasteiger partial charge in [-0.25, -0.2) is 0 Å². The molecule has 2 nitrogen and oxygen atoms in total. The van der Waals surface area contributed by atoms with Crippen LogP contribution in [0.5, 0.6) is 0 Å². The van der Waals surface area contributed by atoms with E-state index in [0.29, 0.717) is 17.4 Å². The summed E-state index contributed by atoms with van der Waals surface area (Å²) in [6, 6.07) is 7.01. The molecule has 0 aliphatic heterocycles. The third-order valence-electron chi connectivity index (χ3n) is 2.72. The van der Waals surface area contributed by atoms with E-state index in [-0.39, 0.29) is 12.4 Å². The van der Waals surface area contributed by atoms with Crippen molar-refractivity contribution in [2.45, 2.75) is 38.8 Å². The molecule has 1 rings (SSSR count). The van der Waals surface area contributed by atoms with Gasteiger partial charge >= 0.3 is 0 Å². The minimum absolute atomic E-state index is 0. The van der Waals surface area contributed by atoms with Crippen LogP contribution in [-0.4, -0.2) is 11.2 Å². The first-order valence-electron chi connectivity index (χ1n) is 5.70. The zero-order chi connectivity index (χ0) is 12.1. The number of benzene rings is 1. The Balaban J connectivity index is 0.00000256. The van der Waals surface area contributed by atoms with Crippen molar-refractivity contribution >= 4 is 24.0 Å². The molecule has 0 radical (unpaired) electrons. The summed E-state index contributed by atoms with van der Waals surface area (Å²) in [7, 11) is 0. The van der Waals surface area contributed by atoms with E-state index in [1.807, 2.05) is 18.2 Å². The molecule has 0 saturated heterocycles. The minimum Gasteiger partial charge on any atom is -0.391 e. The van der Waals surface area contributed by atoms with Crippen LogP contribution in [0.4, 0.5) is 0 Å². The highest BCUT2D eigenvalue weighted by Crippen LogP contribution is 2.25. The van der Waals surface area contributed by atoms with Gasteiger partial charge in [-0.3, -0.25) is 0 Å². The molecule has 0 fully saturated rings. The van der Waals surface area contributed by atoms with Crippen molar-refractivity contribution in [3.8, 4) is 0 Å². The molecule has 17 heavy (non-hydrogen) atoms. The van der Waals surface area contributed by atoms with Crippen LogP contribution in [0.3, 0.4) is 0 Å². The Kier molecular flexibility index (Phi) is 7.80. The zero-order valence-electron chi connectivity index (χ0n) is 10.3. The maximum atomic E-state index is 9.96. The molecule has 0 bridgehead atoms. The van der Waals surface area contributed by atoms with Crippen LogP contribution in [0.2, 0.25) is 5.02 Å². The molecular weight excluding hydrogens is 257 g/mol. The van der Waals surface area contributed by atoms with Crippen molar-refractivity contribution in [2.24, 2.45) is 11.7 Å². The van der Waals surface area contributed by atoms with Gasteiger partial charge in [0, 0.05) is 5.02 Å². The summed E-state index contributed by atoms with van der Waals surface area (Å²) in [5.74, 6) is 0.577. The predicted molar refractivity (Wildman–Crippen MR) is 75.7 cm³/mol. The van der Waals surface area contributed by atoms with E-state index in [0.717, 1.165) is 12.0 Å². The number of aliphatic hydroxyl groups is 1. The van der Waals surface area contributed by atoms with Crippen LogP contribution in [0.15, 0.2) is 24.3 Å². The van der Waals surface area contributed by atoms with E-state index in [2.05, 4.69) is 13.8 Å². The van der Waals surface area contributed by atoms with Crippen molar-refractivity contribution in [1.82, 2.24) is 0 Å². The van der Waals surface area contributed by atoms with Crippen molar-refractivity contribution in [1.29, 1.82) is 0 Å². The second-order valence-electron chi connectivity index (χ2n) is 4.59. The van der Waals surface area contributed by atoms with Gasteiger partial charge in [0.15, 0.2) is 0 Å². The standard InChI is InChI=1S/C13H20ClNO.ClH/c1-9(2)7-8-12(16)13(15)10-5-3-4-6-11(10)14;/h3-6,9,12-13,16H,7-8,15H2,1-2H3;1H/t12-,13+;/m1./s1. The normalized spacial score (nSPS) is 14.2. The van der Waals surface area contributed by atoms with Gasteiger partial charge in [0.25, 0.3) is 0 Å². The molecule has 0 heterocycles. The van der Waals surface area contributed by atoms with Crippen LogP contribution in [0.25, 0.3) is 0 Å². The lowest BCUT2D eigenvalue weighted by Gasteiger charge is -2.20. The number of nitrogens with two attached hydrogens (primary N) is 1. The lowest BCUT2D eigenvalue weighted by molar-refractivity contribution is 0.128. The fourth-order valence-corrected chi connectivity index (χ4v) is 1.90. The predicted octanol–water partition coefficient (Wildman–Crippen LogP) is 3.56. The second kappa shape index (κ2) is 7.93. The van der Waals surface area contributed by atoms with Crippen molar-refractivity contribution < 1.29 is 5.11 Å². The summed E-state index contributed by atoms with van der Waals surface area (Å²) in [4.78, 5) is 0. The summed E-state index contributed by atoms with van der Waals surface area (Å²) in [6.45, 7) is 4.27. The van der Waals surface area contributed by atoms with Gasteiger partial charge in [-0.15, -0.1) is 12.4 Å². The van der Waals surface area contributed by atoms with E-state index < -0.39 is 12.1 Å². The van der Waals surface area contributed by atoms with Gasteiger partial charge in [-0.05, 0) is 30.4 Å². The van der Waals surface area contributed by atoms with Crippen LogP contribution in [-0.2, 0) is 0 Å². The van der Waals surface area contributed by atoms with Gasteiger partial charge < -0.3 is 10.8 Å². The molecule has 98 valence electrons. The highest BCUT2D eigenvalue weighted by atomic mass is 35.5. The summed E-state index contributed by atoms with van der Waals surface area (Å²) in [6.07, 6.45) is 1.16. The maximum absolute atomic E-state index is 9.96. The fraction of sp³-hybridized carbons (Fsp3) is 0.538. The van der Waals surface area contributed by atoms with E-state index in [9.17, 15) is 5.11 Å². The van der Waals surface area contributed by atoms with Crippen LogP contribution >= 0.6 is 24.0 Å². The summed E-state index contributed by atoms with van der Waals surface area (Å²) in [5.41, 5.74) is 6.81. The van der Waals surface area contributed by atoms with E-state index in [1.54, 1.807) is 6.07 Å². The topological polar surface area (TPSA) is 46.2 Å². The summed E-state index contributed by atoms with van der Waals surface area (Å²) < 4.78 is 0. The van der Waals surface area contributed by atoms with E-state index in [4.69, 9.17) is 17.3 Å². The van der Waals surface area contributed by atoms with Crippen molar-refractivity contribution in [3.05, 3.63) is 34.9 Å². The monoisotopic (exact) mass is 277 g/mol. The average Bonchev–Trinajstić information content (AvgIpc) is 2.25. The number of hydrogen-bond acceptors (Lipinski definition) is 2. The quantitative estimate of drug-likeness (QED) is 0.865. The summed E-state index contributed by atoms with van der Waals surface area (Å²) in [5, 5.41) is 10.6. The molecule has 0 spiro atoms. The van der Waals surface area contributed by atoms with Gasteiger partial charge in [-0.1, -0.05) is 43.6 Å². The second-order valence-corrected chi connectivity index (χ2v) is 4.99. The molecule has 0 aliphatic carbocycles. The van der Waals surface area contributed by atoms with Crippen LogP contribution in [0, 0.1) is 5.92 Å². The third kappa shape index (κ3) is 5.26. The molecule has 0 aliphatic rings. The Morgan fingerprint density at radius 2 is 1.82 bits per heavy atom. The molecular formula is C13H21Cl2NO. The molecule has 0 amide bonds. The molecule has 1 aromatic carbocycles. The van der Waals surface area contributed by atoms with Crippen LogP contribution in [0.1, 0.15) is 38.3 Å².